The van der Waals surface area contributed by atoms with Gasteiger partial charge in [-0.25, -0.2) is 0 Å². The molecule has 130 valence electrons. The van der Waals surface area contributed by atoms with Gasteiger partial charge in [0.2, 0.25) is 5.91 Å². The Morgan fingerprint density at radius 2 is 1.78 bits per heavy atom. The van der Waals surface area contributed by atoms with E-state index in [4.69, 9.17) is 0 Å². The average Bonchev–Trinajstić information content (AvgIpc) is 2.40. The van der Waals surface area contributed by atoms with Crippen LogP contribution in [-0.2, 0) is 9.59 Å². The summed E-state index contributed by atoms with van der Waals surface area (Å²) in [6.45, 7) is 1.55. The van der Waals surface area contributed by atoms with Crippen molar-refractivity contribution in [1.82, 2.24) is 10.2 Å². The van der Waals surface area contributed by atoms with E-state index in [1.54, 1.807) is 0 Å². The summed E-state index contributed by atoms with van der Waals surface area (Å²) in [6, 6.07) is 0. The number of nitrogens with zero attached hydrogens (tertiary/aromatic N) is 1. The molecule has 3 rings (SSSR count). The molecule has 2 aliphatic carbocycles. The second kappa shape index (κ2) is 5.76. The minimum Gasteiger partial charge on any atom is -0.341 e. The van der Waals surface area contributed by atoms with E-state index in [1.165, 1.54) is 0 Å². The lowest BCUT2D eigenvalue weighted by molar-refractivity contribution is -0.219. The fraction of sp³-hybridized carbons (Fsp3) is 0.875. The topological polar surface area (TPSA) is 49.4 Å². The van der Waals surface area contributed by atoms with Crippen molar-refractivity contribution in [2.75, 3.05) is 19.6 Å². The van der Waals surface area contributed by atoms with Gasteiger partial charge in [0.05, 0.1) is 6.54 Å². The highest BCUT2D eigenvalue weighted by molar-refractivity contribution is 5.79. The first-order valence-electron chi connectivity index (χ1n) is 8.33. The van der Waals surface area contributed by atoms with Crippen molar-refractivity contribution in [2.45, 2.75) is 56.7 Å². The molecule has 2 saturated carbocycles. The van der Waals surface area contributed by atoms with Crippen LogP contribution in [0.4, 0.5) is 13.2 Å². The van der Waals surface area contributed by atoms with Gasteiger partial charge in [0.15, 0.2) is 0 Å². The predicted molar refractivity (Wildman–Crippen MR) is 77.7 cm³/mol. The van der Waals surface area contributed by atoms with E-state index >= 15 is 0 Å². The highest BCUT2D eigenvalue weighted by atomic mass is 19.4. The number of amides is 1. The van der Waals surface area contributed by atoms with Crippen LogP contribution in [-0.4, -0.2) is 48.4 Å². The number of likely N-dealkylation sites (tertiary alicyclic amines) is 1. The smallest absolute Gasteiger partial charge is 0.341 e. The SMILES string of the molecule is O=CC1CCC2(CC1)CN(CC(=O)NC1(C(F)(F)F)CCC1)C2. The largest absolute Gasteiger partial charge is 0.411 e. The van der Waals surface area contributed by atoms with E-state index in [-0.39, 0.29) is 30.7 Å². The molecule has 0 atom stereocenters. The Kier molecular flexibility index (Phi) is 4.19. The first kappa shape index (κ1) is 16.7. The summed E-state index contributed by atoms with van der Waals surface area (Å²) in [6.07, 6.45) is 0.850. The summed E-state index contributed by atoms with van der Waals surface area (Å²) in [4.78, 5) is 24.7. The standard InChI is InChI=1S/C16H23F3N2O2/c17-16(18,19)15(4-1-5-15)20-13(23)8-21-10-14(11-21)6-2-12(9-22)3-7-14/h9,12H,1-8,10-11H2,(H,20,23). The fourth-order valence-corrected chi connectivity index (χ4v) is 4.24. The summed E-state index contributed by atoms with van der Waals surface area (Å²) in [5, 5.41) is 2.22. The Hall–Kier alpha value is -1.11. The highest BCUT2D eigenvalue weighted by Crippen LogP contribution is 2.46. The Morgan fingerprint density at radius 1 is 1.17 bits per heavy atom. The van der Waals surface area contributed by atoms with Crippen molar-refractivity contribution >= 4 is 12.2 Å². The molecule has 0 radical (unpaired) electrons. The zero-order chi connectivity index (χ0) is 16.7. The van der Waals surface area contributed by atoms with Crippen LogP contribution >= 0.6 is 0 Å². The van der Waals surface area contributed by atoms with Gasteiger partial charge < -0.3 is 10.1 Å². The van der Waals surface area contributed by atoms with Crippen LogP contribution < -0.4 is 5.32 Å². The number of carbonyl (C=O) groups excluding carboxylic acids is 2. The van der Waals surface area contributed by atoms with Crippen LogP contribution in [0.2, 0.25) is 0 Å². The minimum absolute atomic E-state index is 0.0146. The van der Waals surface area contributed by atoms with E-state index in [1.807, 2.05) is 4.90 Å². The van der Waals surface area contributed by atoms with Crippen molar-refractivity contribution in [1.29, 1.82) is 0 Å². The molecule has 1 spiro atoms. The Balaban J connectivity index is 1.45. The molecule has 3 aliphatic rings. The summed E-state index contributed by atoms with van der Waals surface area (Å²) >= 11 is 0. The van der Waals surface area contributed by atoms with Crippen LogP contribution in [0.1, 0.15) is 44.9 Å². The third-order valence-electron chi connectivity index (χ3n) is 5.90. The number of alkyl halides is 3. The number of rotatable bonds is 4. The zero-order valence-electron chi connectivity index (χ0n) is 13.1. The molecular weight excluding hydrogens is 309 g/mol. The lowest BCUT2D eigenvalue weighted by Gasteiger charge is -2.53. The monoisotopic (exact) mass is 332 g/mol. The third-order valence-corrected chi connectivity index (χ3v) is 5.90. The fourth-order valence-electron chi connectivity index (χ4n) is 4.24. The summed E-state index contributed by atoms with van der Waals surface area (Å²) in [5.74, 6) is -0.373. The maximum absolute atomic E-state index is 13.0. The summed E-state index contributed by atoms with van der Waals surface area (Å²) < 4.78 is 39.1. The van der Waals surface area contributed by atoms with Crippen LogP contribution in [0.3, 0.4) is 0 Å². The van der Waals surface area contributed by atoms with Crippen molar-refractivity contribution in [2.24, 2.45) is 11.3 Å². The van der Waals surface area contributed by atoms with Gasteiger partial charge in [-0.2, -0.15) is 13.2 Å². The number of carbonyl (C=O) groups is 2. The lowest BCUT2D eigenvalue weighted by atomic mass is 9.66. The van der Waals surface area contributed by atoms with Crippen molar-refractivity contribution in [3.63, 3.8) is 0 Å². The van der Waals surface area contributed by atoms with Gasteiger partial charge in [-0.05, 0) is 50.4 Å². The molecule has 7 heteroatoms. The first-order valence-corrected chi connectivity index (χ1v) is 8.33. The average molecular weight is 332 g/mol. The number of nitrogens with one attached hydrogen (secondary N) is 1. The molecule has 1 saturated heterocycles. The molecule has 23 heavy (non-hydrogen) atoms. The summed E-state index contributed by atoms with van der Waals surface area (Å²) in [5.41, 5.74) is -1.81. The number of halogens is 3. The Labute approximate surface area is 133 Å². The molecule has 1 aliphatic heterocycles. The molecule has 0 unspecified atom stereocenters. The van der Waals surface area contributed by atoms with Crippen molar-refractivity contribution in [3.8, 4) is 0 Å². The molecule has 1 amide bonds. The first-order chi connectivity index (χ1) is 10.8. The molecule has 4 nitrogen and oxygen atoms in total. The van der Waals surface area contributed by atoms with Crippen LogP contribution in [0.25, 0.3) is 0 Å². The van der Waals surface area contributed by atoms with Gasteiger partial charge in [0, 0.05) is 19.0 Å². The van der Waals surface area contributed by atoms with Gasteiger partial charge in [-0.15, -0.1) is 0 Å². The second-order valence-electron chi connectivity index (χ2n) is 7.60. The van der Waals surface area contributed by atoms with Crippen LogP contribution in [0.5, 0.6) is 0 Å². The molecular formula is C16H23F3N2O2. The Bertz CT molecular complexity index is 472. The van der Waals surface area contributed by atoms with E-state index in [9.17, 15) is 22.8 Å². The summed E-state index contributed by atoms with van der Waals surface area (Å²) in [7, 11) is 0. The third kappa shape index (κ3) is 3.12. The normalized spacial score (nSPS) is 27.1. The van der Waals surface area contributed by atoms with Crippen molar-refractivity contribution in [3.05, 3.63) is 0 Å². The molecule has 0 aromatic rings. The van der Waals surface area contributed by atoms with Gasteiger partial charge in [-0.1, -0.05) is 0 Å². The zero-order valence-corrected chi connectivity index (χ0v) is 13.1. The van der Waals surface area contributed by atoms with Crippen molar-refractivity contribution < 1.29 is 22.8 Å². The van der Waals surface area contributed by atoms with E-state index in [0.717, 1.165) is 45.1 Å². The lowest BCUT2D eigenvalue weighted by Crippen LogP contribution is -2.66. The maximum atomic E-state index is 13.0. The van der Waals surface area contributed by atoms with E-state index in [0.29, 0.717) is 6.42 Å². The van der Waals surface area contributed by atoms with E-state index in [2.05, 4.69) is 5.32 Å². The van der Waals surface area contributed by atoms with Gasteiger partial charge in [-0.3, -0.25) is 9.69 Å². The number of aldehydes is 1. The molecule has 0 aromatic heterocycles. The second-order valence-corrected chi connectivity index (χ2v) is 7.60. The van der Waals surface area contributed by atoms with E-state index < -0.39 is 17.6 Å². The van der Waals surface area contributed by atoms with Gasteiger partial charge in [0.1, 0.15) is 11.8 Å². The quantitative estimate of drug-likeness (QED) is 0.804. The Morgan fingerprint density at radius 3 is 2.22 bits per heavy atom. The molecule has 1 N–H and O–H groups in total. The predicted octanol–water partition coefficient (Wildman–Crippen LogP) is 2.28. The minimum atomic E-state index is -4.37. The van der Waals surface area contributed by atoms with Crippen LogP contribution in [0.15, 0.2) is 0 Å². The maximum Gasteiger partial charge on any atom is 0.411 e. The molecule has 1 heterocycles. The van der Waals surface area contributed by atoms with Gasteiger partial charge in [0.25, 0.3) is 0 Å². The number of hydrogen-bond acceptors (Lipinski definition) is 3. The highest BCUT2D eigenvalue weighted by Gasteiger charge is 2.59. The van der Waals surface area contributed by atoms with Gasteiger partial charge >= 0.3 is 6.18 Å². The number of hydrogen-bond donors (Lipinski definition) is 1. The molecule has 3 fully saturated rings. The molecule has 0 aromatic carbocycles. The van der Waals surface area contributed by atoms with Crippen LogP contribution in [0, 0.1) is 11.3 Å². The molecule has 0 bridgehead atoms.